The second-order valence-electron chi connectivity index (χ2n) is 7.13. The van der Waals surface area contributed by atoms with Crippen molar-refractivity contribution in [2.75, 3.05) is 39.9 Å². The molecule has 0 aromatic rings. The van der Waals surface area contributed by atoms with Crippen LogP contribution < -0.4 is 0 Å². The molecule has 0 bridgehead atoms. The molecular formula is C18H28N2O3. The van der Waals surface area contributed by atoms with Gasteiger partial charge in [-0.3, -0.25) is 9.59 Å². The molecule has 0 aromatic heterocycles. The Morgan fingerprint density at radius 3 is 2.57 bits per heavy atom. The summed E-state index contributed by atoms with van der Waals surface area (Å²) in [5, 5.41) is 0. The van der Waals surface area contributed by atoms with E-state index in [-0.39, 0.29) is 23.1 Å². The second kappa shape index (κ2) is 7.04. The van der Waals surface area contributed by atoms with Crippen molar-refractivity contribution in [1.29, 1.82) is 0 Å². The highest BCUT2D eigenvalue weighted by Gasteiger charge is 2.46. The van der Waals surface area contributed by atoms with E-state index in [2.05, 4.69) is 12.2 Å². The van der Waals surface area contributed by atoms with E-state index in [1.165, 1.54) is 0 Å². The van der Waals surface area contributed by atoms with Gasteiger partial charge in [-0.15, -0.1) is 0 Å². The summed E-state index contributed by atoms with van der Waals surface area (Å²) in [6.45, 7) is 3.60. The predicted molar refractivity (Wildman–Crippen MR) is 87.8 cm³/mol. The minimum absolute atomic E-state index is 0.143. The van der Waals surface area contributed by atoms with Crippen molar-refractivity contribution in [3.8, 4) is 0 Å². The van der Waals surface area contributed by atoms with Crippen molar-refractivity contribution < 1.29 is 14.3 Å². The Hall–Kier alpha value is -1.36. The van der Waals surface area contributed by atoms with Gasteiger partial charge in [0.05, 0.1) is 12.0 Å². The summed E-state index contributed by atoms with van der Waals surface area (Å²) in [4.78, 5) is 29.4. The molecule has 2 aliphatic heterocycles. The van der Waals surface area contributed by atoms with Crippen LogP contribution in [0.4, 0.5) is 0 Å². The van der Waals surface area contributed by atoms with Crippen LogP contribution in [0.5, 0.6) is 0 Å². The van der Waals surface area contributed by atoms with Crippen LogP contribution in [0, 0.1) is 11.3 Å². The number of amides is 2. The van der Waals surface area contributed by atoms with E-state index in [0.29, 0.717) is 13.2 Å². The van der Waals surface area contributed by atoms with Crippen LogP contribution in [0.1, 0.15) is 38.5 Å². The molecule has 5 nitrogen and oxygen atoms in total. The Kier molecular flexibility index (Phi) is 5.05. The fourth-order valence-electron chi connectivity index (χ4n) is 4.26. The molecule has 1 aliphatic carbocycles. The molecule has 1 spiro atoms. The van der Waals surface area contributed by atoms with E-state index < -0.39 is 0 Å². The van der Waals surface area contributed by atoms with E-state index >= 15 is 0 Å². The number of hydrogen-bond acceptors (Lipinski definition) is 3. The third-order valence-corrected chi connectivity index (χ3v) is 5.78. The first-order valence-electron chi connectivity index (χ1n) is 8.88. The van der Waals surface area contributed by atoms with Crippen LogP contribution in [-0.2, 0) is 14.3 Å². The molecular weight excluding hydrogens is 292 g/mol. The highest BCUT2D eigenvalue weighted by Crippen LogP contribution is 2.41. The summed E-state index contributed by atoms with van der Waals surface area (Å²) in [7, 11) is 1.67. The van der Waals surface area contributed by atoms with Gasteiger partial charge in [0.15, 0.2) is 0 Å². The molecule has 0 aromatic carbocycles. The van der Waals surface area contributed by atoms with Crippen molar-refractivity contribution in [2.45, 2.75) is 38.5 Å². The van der Waals surface area contributed by atoms with Gasteiger partial charge in [-0.25, -0.2) is 0 Å². The van der Waals surface area contributed by atoms with Crippen molar-refractivity contribution in [3.05, 3.63) is 12.2 Å². The molecule has 3 rings (SSSR count). The van der Waals surface area contributed by atoms with Crippen LogP contribution in [0.2, 0.25) is 0 Å². The standard InChI is InChI=1S/C18H28N2O3/c1-23-14-13-20-10-4-7-18(17(20)22)8-11-19(12-9-18)16(21)15-5-2-3-6-15/h2-3,15H,4-14H2,1H3. The minimum Gasteiger partial charge on any atom is -0.383 e. The number of likely N-dealkylation sites (tertiary alicyclic amines) is 2. The number of ether oxygens (including phenoxy) is 1. The first-order valence-corrected chi connectivity index (χ1v) is 8.88. The first kappa shape index (κ1) is 16.5. The number of allylic oxidation sites excluding steroid dienone is 2. The number of hydrogen-bond donors (Lipinski definition) is 0. The van der Waals surface area contributed by atoms with Gasteiger partial charge >= 0.3 is 0 Å². The molecule has 0 saturated carbocycles. The molecule has 3 aliphatic rings. The number of carbonyl (C=O) groups excluding carboxylic acids is 2. The summed E-state index contributed by atoms with van der Waals surface area (Å²) in [5.41, 5.74) is -0.225. The van der Waals surface area contributed by atoms with E-state index in [9.17, 15) is 9.59 Å². The lowest BCUT2D eigenvalue weighted by Crippen LogP contribution is -2.55. The first-order chi connectivity index (χ1) is 11.2. The zero-order valence-corrected chi connectivity index (χ0v) is 14.1. The monoisotopic (exact) mass is 320 g/mol. The van der Waals surface area contributed by atoms with E-state index in [1.54, 1.807) is 7.11 Å². The van der Waals surface area contributed by atoms with Gasteiger partial charge in [0.25, 0.3) is 0 Å². The van der Waals surface area contributed by atoms with Gasteiger partial charge in [-0.2, -0.15) is 0 Å². The van der Waals surface area contributed by atoms with E-state index in [1.807, 2.05) is 9.80 Å². The number of nitrogens with zero attached hydrogens (tertiary/aromatic N) is 2. The summed E-state index contributed by atoms with van der Waals surface area (Å²) in [6.07, 6.45) is 9.65. The maximum Gasteiger partial charge on any atom is 0.229 e. The lowest BCUT2D eigenvalue weighted by atomic mass is 9.71. The fourth-order valence-corrected chi connectivity index (χ4v) is 4.26. The zero-order valence-electron chi connectivity index (χ0n) is 14.1. The highest BCUT2D eigenvalue weighted by atomic mass is 16.5. The molecule has 2 heterocycles. The van der Waals surface area contributed by atoms with Crippen LogP contribution in [0.3, 0.4) is 0 Å². The van der Waals surface area contributed by atoms with Gasteiger partial charge in [0, 0.05) is 39.2 Å². The summed E-state index contributed by atoms with van der Waals surface area (Å²) in [6, 6.07) is 0. The van der Waals surface area contributed by atoms with Crippen LogP contribution >= 0.6 is 0 Å². The topological polar surface area (TPSA) is 49.9 Å². The molecule has 23 heavy (non-hydrogen) atoms. The molecule has 2 amide bonds. The van der Waals surface area contributed by atoms with Crippen LogP contribution in [0.15, 0.2) is 12.2 Å². The SMILES string of the molecule is COCCN1CCCC2(CCN(C(=O)C3CC=CC3)CC2)C1=O. The molecule has 0 N–H and O–H groups in total. The average Bonchev–Trinajstić information content (AvgIpc) is 3.11. The fraction of sp³-hybridized carbons (Fsp3) is 0.778. The normalized spacial score (nSPS) is 24.7. The maximum atomic E-state index is 12.9. The van der Waals surface area contributed by atoms with E-state index in [0.717, 1.165) is 58.2 Å². The molecule has 128 valence electrons. The highest BCUT2D eigenvalue weighted by molar-refractivity contribution is 5.84. The zero-order chi connectivity index (χ0) is 16.3. The largest absolute Gasteiger partial charge is 0.383 e. The van der Waals surface area contributed by atoms with Crippen LogP contribution in [-0.4, -0.2) is 61.5 Å². The van der Waals surface area contributed by atoms with Crippen molar-refractivity contribution >= 4 is 11.8 Å². The second-order valence-corrected chi connectivity index (χ2v) is 7.13. The Balaban J connectivity index is 1.58. The van der Waals surface area contributed by atoms with Gasteiger partial charge < -0.3 is 14.5 Å². The Labute approximate surface area is 138 Å². The van der Waals surface area contributed by atoms with E-state index in [4.69, 9.17) is 4.74 Å². The number of rotatable bonds is 4. The van der Waals surface area contributed by atoms with Gasteiger partial charge in [0.1, 0.15) is 0 Å². The third kappa shape index (κ3) is 3.30. The molecule has 0 radical (unpaired) electrons. The molecule has 0 unspecified atom stereocenters. The molecule has 2 saturated heterocycles. The average molecular weight is 320 g/mol. The molecule has 5 heteroatoms. The van der Waals surface area contributed by atoms with Gasteiger partial charge in [-0.05, 0) is 38.5 Å². The predicted octanol–water partition coefficient (Wildman–Crippen LogP) is 1.83. The van der Waals surface area contributed by atoms with Crippen molar-refractivity contribution in [2.24, 2.45) is 11.3 Å². The number of piperidine rings is 2. The quantitative estimate of drug-likeness (QED) is 0.743. The molecule has 2 fully saturated rings. The minimum atomic E-state index is -0.225. The summed E-state index contributed by atoms with van der Waals surface area (Å²) in [5.74, 6) is 0.712. The number of methoxy groups -OCH3 is 1. The van der Waals surface area contributed by atoms with Crippen molar-refractivity contribution in [3.63, 3.8) is 0 Å². The van der Waals surface area contributed by atoms with Gasteiger partial charge in [-0.1, -0.05) is 12.2 Å². The molecule has 0 atom stereocenters. The third-order valence-electron chi connectivity index (χ3n) is 5.78. The lowest BCUT2D eigenvalue weighted by molar-refractivity contribution is -0.154. The Morgan fingerprint density at radius 1 is 1.22 bits per heavy atom. The van der Waals surface area contributed by atoms with Gasteiger partial charge in [0.2, 0.25) is 11.8 Å². The van der Waals surface area contributed by atoms with Crippen molar-refractivity contribution in [1.82, 2.24) is 9.80 Å². The smallest absolute Gasteiger partial charge is 0.229 e. The summed E-state index contributed by atoms with van der Waals surface area (Å²) < 4.78 is 5.12. The summed E-state index contributed by atoms with van der Waals surface area (Å²) >= 11 is 0. The Bertz CT molecular complexity index is 473. The Morgan fingerprint density at radius 2 is 1.91 bits per heavy atom. The number of carbonyl (C=O) groups is 2. The maximum absolute atomic E-state index is 12.9. The lowest BCUT2D eigenvalue weighted by Gasteiger charge is -2.46. The van der Waals surface area contributed by atoms with Crippen LogP contribution in [0.25, 0.3) is 0 Å².